The van der Waals surface area contributed by atoms with Crippen molar-refractivity contribution in [3.63, 3.8) is 0 Å². The number of carboxylic acids is 1. The van der Waals surface area contributed by atoms with Gasteiger partial charge in [0, 0.05) is 18.7 Å². The highest BCUT2D eigenvalue weighted by Crippen LogP contribution is 2.16. The third-order valence-electron chi connectivity index (χ3n) is 3.14. The lowest BCUT2D eigenvalue weighted by Crippen LogP contribution is -2.19. The minimum Gasteiger partial charge on any atom is -0.481 e. The minimum absolute atomic E-state index is 0.361. The van der Waals surface area contributed by atoms with E-state index in [-0.39, 0.29) is 5.92 Å². The molecule has 1 heterocycles. The highest BCUT2D eigenvalue weighted by Gasteiger charge is 2.19. The first-order valence-corrected chi connectivity index (χ1v) is 6.60. The molecule has 0 spiro atoms. The number of aryl methyl sites for hydroxylation is 2. The zero-order valence-electron chi connectivity index (χ0n) is 11.2. The highest BCUT2D eigenvalue weighted by atomic mass is 16.4. The van der Waals surface area contributed by atoms with Crippen LogP contribution in [-0.2, 0) is 24.2 Å². The fourth-order valence-electron chi connectivity index (χ4n) is 2.06. The first kappa shape index (κ1) is 14.7. The van der Waals surface area contributed by atoms with Gasteiger partial charge in [-0.05, 0) is 38.8 Å². The third kappa shape index (κ3) is 3.84. The molecule has 0 saturated carbocycles. The minimum atomic E-state index is -0.745. The number of carbonyl (C=O) groups is 1. The van der Waals surface area contributed by atoms with Gasteiger partial charge in [-0.2, -0.15) is 5.10 Å². The van der Waals surface area contributed by atoms with E-state index in [4.69, 9.17) is 5.73 Å². The lowest BCUT2D eigenvalue weighted by molar-refractivity contribution is -0.142. The molecule has 3 N–H and O–H groups in total. The van der Waals surface area contributed by atoms with E-state index in [1.807, 2.05) is 17.7 Å². The molecule has 0 aliphatic carbocycles. The number of aromatic nitrogens is 2. The maximum absolute atomic E-state index is 11.2. The summed E-state index contributed by atoms with van der Waals surface area (Å²) in [7, 11) is 0. The van der Waals surface area contributed by atoms with Crippen LogP contribution in [0, 0.1) is 5.92 Å². The molecule has 18 heavy (non-hydrogen) atoms. The summed E-state index contributed by atoms with van der Waals surface area (Å²) in [4.78, 5) is 11.2. The van der Waals surface area contributed by atoms with Crippen molar-refractivity contribution >= 4 is 5.97 Å². The van der Waals surface area contributed by atoms with E-state index in [1.165, 1.54) is 0 Å². The van der Waals surface area contributed by atoms with Gasteiger partial charge in [0.2, 0.25) is 0 Å². The van der Waals surface area contributed by atoms with Crippen molar-refractivity contribution < 1.29 is 9.90 Å². The summed E-state index contributed by atoms with van der Waals surface area (Å²) in [6, 6.07) is 2.02. The Balaban J connectivity index is 2.78. The van der Waals surface area contributed by atoms with Crippen molar-refractivity contribution in [2.45, 2.75) is 46.1 Å². The van der Waals surface area contributed by atoms with Crippen LogP contribution >= 0.6 is 0 Å². The molecule has 1 rings (SSSR count). The Morgan fingerprint density at radius 3 is 2.78 bits per heavy atom. The Bertz CT molecular complexity index is 388. The van der Waals surface area contributed by atoms with Gasteiger partial charge in [0.15, 0.2) is 0 Å². The van der Waals surface area contributed by atoms with Crippen LogP contribution in [0.25, 0.3) is 0 Å². The normalized spacial score (nSPS) is 12.6. The SMILES string of the molecule is CCc1cc(CC(CCCN)C(=O)O)n(CC)n1. The second-order valence-corrected chi connectivity index (χ2v) is 4.47. The Morgan fingerprint density at radius 1 is 1.56 bits per heavy atom. The predicted molar refractivity (Wildman–Crippen MR) is 70.4 cm³/mol. The van der Waals surface area contributed by atoms with Crippen LogP contribution < -0.4 is 5.73 Å². The summed E-state index contributed by atoms with van der Waals surface area (Å²) in [5, 5.41) is 13.7. The van der Waals surface area contributed by atoms with Crippen molar-refractivity contribution in [1.29, 1.82) is 0 Å². The second kappa shape index (κ2) is 7.16. The van der Waals surface area contributed by atoms with E-state index < -0.39 is 5.97 Å². The van der Waals surface area contributed by atoms with Crippen LogP contribution in [0.3, 0.4) is 0 Å². The molecule has 102 valence electrons. The maximum atomic E-state index is 11.2. The fourth-order valence-corrected chi connectivity index (χ4v) is 2.06. The Labute approximate surface area is 108 Å². The van der Waals surface area contributed by atoms with Crippen molar-refractivity contribution in [3.8, 4) is 0 Å². The molecule has 0 amide bonds. The molecule has 0 radical (unpaired) electrons. The summed E-state index contributed by atoms with van der Waals surface area (Å²) in [6.45, 7) is 5.39. The van der Waals surface area contributed by atoms with Gasteiger partial charge in [-0.1, -0.05) is 6.92 Å². The summed E-state index contributed by atoms with van der Waals surface area (Å²) in [5.41, 5.74) is 7.48. The summed E-state index contributed by atoms with van der Waals surface area (Å²) in [5.74, 6) is -1.11. The average molecular weight is 253 g/mol. The molecule has 0 aliphatic rings. The lowest BCUT2D eigenvalue weighted by Gasteiger charge is -2.12. The molecule has 0 bridgehead atoms. The van der Waals surface area contributed by atoms with Gasteiger partial charge < -0.3 is 10.8 Å². The van der Waals surface area contributed by atoms with Gasteiger partial charge in [0.25, 0.3) is 0 Å². The number of nitrogens with two attached hydrogens (primary N) is 1. The van der Waals surface area contributed by atoms with Crippen LogP contribution in [0.2, 0.25) is 0 Å². The molecule has 0 aliphatic heterocycles. The van der Waals surface area contributed by atoms with Gasteiger partial charge >= 0.3 is 5.97 Å². The number of nitrogens with zero attached hydrogens (tertiary/aromatic N) is 2. The smallest absolute Gasteiger partial charge is 0.306 e. The lowest BCUT2D eigenvalue weighted by atomic mass is 9.97. The zero-order valence-corrected chi connectivity index (χ0v) is 11.2. The van der Waals surface area contributed by atoms with E-state index in [0.29, 0.717) is 19.4 Å². The number of hydrogen-bond donors (Lipinski definition) is 2. The molecule has 0 aromatic carbocycles. The molecule has 1 unspecified atom stereocenters. The van der Waals surface area contributed by atoms with Gasteiger partial charge in [0.05, 0.1) is 11.6 Å². The molecule has 5 heteroatoms. The number of hydrogen-bond acceptors (Lipinski definition) is 3. The summed E-state index contributed by atoms with van der Waals surface area (Å²) in [6.07, 6.45) is 2.79. The second-order valence-electron chi connectivity index (χ2n) is 4.47. The van der Waals surface area contributed by atoms with Crippen LogP contribution in [0.4, 0.5) is 0 Å². The monoisotopic (exact) mass is 253 g/mol. The fraction of sp³-hybridized carbons (Fsp3) is 0.692. The van der Waals surface area contributed by atoms with E-state index >= 15 is 0 Å². The van der Waals surface area contributed by atoms with Gasteiger partial charge in [-0.15, -0.1) is 0 Å². The van der Waals surface area contributed by atoms with Gasteiger partial charge in [-0.3, -0.25) is 9.48 Å². The van der Waals surface area contributed by atoms with Gasteiger partial charge in [0.1, 0.15) is 0 Å². The number of carboxylic acid groups (broad SMARTS) is 1. The molecule has 0 fully saturated rings. The predicted octanol–water partition coefficient (Wildman–Crippen LogP) is 1.45. The summed E-state index contributed by atoms with van der Waals surface area (Å²) < 4.78 is 1.90. The Hall–Kier alpha value is -1.36. The van der Waals surface area contributed by atoms with Crippen molar-refractivity contribution in [2.24, 2.45) is 11.7 Å². The van der Waals surface area contributed by atoms with E-state index in [0.717, 1.165) is 30.8 Å². The van der Waals surface area contributed by atoms with E-state index in [9.17, 15) is 9.90 Å². The van der Waals surface area contributed by atoms with E-state index in [1.54, 1.807) is 0 Å². The van der Waals surface area contributed by atoms with Crippen molar-refractivity contribution in [2.75, 3.05) is 6.54 Å². The van der Waals surface area contributed by atoms with Gasteiger partial charge in [-0.25, -0.2) is 0 Å². The first-order valence-electron chi connectivity index (χ1n) is 6.60. The molecule has 0 saturated heterocycles. The molecular weight excluding hydrogens is 230 g/mol. The maximum Gasteiger partial charge on any atom is 0.306 e. The van der Waals surface area contributed by atoms with Crippen molar-refractivity contribution in [3.05, 3.63) is 17.5 Å². The molecule has 5 nitrogen and oxygen atoms in total. The molecular formula is C13H23N3O2. The van der Waals surface area contributed by atoms with Crippen LogP contribution in [-0.4, -0.2) is 27.4 Å². The summed E-state index contributed by atoms with van der Waals surface area (Å²) >= 11 is 0. The van der Waals surface area contributed by atoms with E-state index in [2.05, 4.69) is 12.0 Å². The quantitative estimate of drug-likeness (QED) is 0.734. The third-order valence-corrected chi connectivity index (χ3v) is 3.14. The van der Waals surface area contributed by atoms with Crippen LogP contribution in [0.1, 0.15) is 38.1 Å². The molecule has 1 atom stereocenters. The number of aliphatic carboxylic acids is 1. The molecule has 1 aromatic heterocycles. The highest BCUT2D eigenvalue weighted by molar-refractivity contribution is 5.70. The molecule has 1 aromatic rings. The Morgan fingerprint density at radius 2 is 2.28 bits per heavy atom. The Kier molecular flexibility index (Phi) is 5.85. The topological polar surface area (TPSA) is 81.1 Å². The van der Waals surface area contributed by atoms with Crippen LogP contribution in [0.5, 0.6) is 0 Å². The average Bonchev–Trinajstić information content (AvgIpc) is 2.76. The van der Waals surface area contributed by atoms with Crippen LogP contribution in [0.15, 0.2) is 6.07 Å². The largest absolute Gasteiger partial charge is 0.481 e. The van der Waals surface area contributed by atoms with Crippen molar-refractivity contribution in [1.82, 2.24) is 9.78 Å². The zero-order chi connectivity index (χ0) is 13.5. The first-order chi connectivity index (χ1) is 8.62. The standard InChI is InChI=1S/C13H23N3O2/c1-3-11-9-12(16(4-2)15-11)8-10(13(17)18)6-5-7-14/h9-10H,3-8,14H2,1-2H3,(H,17,18). The number of rotatable bonds is 8.